The molecule has 99 heavy (non-hydrogen) atoms. The van der Waals surface area contributed by atoms with Crippen LogP contribution >= 0.6 is 0 Å². The number of aromatic nitrogens is 2. The van der Waals surface area contributed by atoms with Gasteiger partial charge in [-0.25, -0.2) is 8.78 Å². The maximum absolute atomic E-state index is 14.7. The number of fused-ring (bicyclic) bond motifs is 2. The topological polar surface area (TPSA) is 375 Å². The first kappa shape index (κ1) is 71.6. The van der Waals surface area contributed by atoms with Crippen LogP contribution in [0.4, 0.5) is 20.2 Å². The lowest BCUT2D eigenvalue weighted by Crippen LogP contribution is -2.58. The molecular formula is C69H73F2N13O15. The van der Waals surface area contributed by atoms with Crippen LogP contribution in [0.5, 0.6) is 11.5 Å². The fourth-order valence-corrected chi connectivity index (χ4v) is 11.3. The molecule has 0 saturated carbocycles. The molecule has 1 saturated heterocycles. The fourth-order valence-electron chi connectivity index (χ4n) is 11.3. The summed E-state index contributed by atoms with van der Waals surface area (Å²) in [4.78, 5) is 187. The minimum Gasteiger partial charge on any atom is -0.454 e. The summed E-state index contributed by atoms with van der Waals surface area (Å²) >= 11 is 0. The number of H-pyrrole nitrogens is 1. The van der Waals surface area contributed by atoms with E-state index in [9.17, 15) is 75.9 Å². The van der Waals surface area contributed by atoms with Gasteiger partial charge < -0.3 is 56.8 Å². The van der Waals surface area contributed by atoms with E-state index in [1.165, 1.54) is 28.9 Å². The molecule has 9 N–H and O–H groups in total. The summed E-state index contributed by atoms with van der Waals surface area (Å²) in [6, 6.07) is 19.9. The number of pyridine rings is 1. The van der Waals surface area contributed by atoms with E-state index in [4.69, 9.17) is 4.74 Å². The molecule has 5 heterocycles. The van der Waals surface area contributed by atoms with Crippen LogP contribution in [-0.4, -0.2) is 159 Å². The Balaban J connectivity index is 0.669. The van der Waals surface area contributed by atoms with Crippen LogP contribution in [0.15, 0.2) is 120 Å². The first-order valence-corrected chi connectivity index (χ1v) is 32.2. The number of hydrogen-bond acceptors (Lipinski definition) is 16. The molecular weight excluding hydrogens is 1290 g/mol. The molecule has 0 radical (unpaired) electrons. The Kier molecular flexibility index (Phi) is 24.4. The molecule has 0 aliphatic carbocycles. The van der Waals surface area contributed by atoms with Crippen LogP contribution in [0, 0.1) is 11.6 Å². The van der Waals surface area contributed by atoms with Crippen molar-refractivity contribution in [2.75, 3.05) is 56.6 Å². The van der Waals surface area contributed by atoms with Crippen LogP contribution in [-0.2, 0) is 66.2 Å². The van der Waals surface area contributed by atoms with Crippen molar-refractivity contribution in [3.63, 3.8) is 0 Å². The number of halogens is 2. The number of carbonyl (C=O) groups is 13. The van der Waals surface area contributed by atoms with Crippen molar-refractivity contribution in [3.8, 4) is 22.6 Å². The van der Waals surface area contributed by atoms with Gasteiger partial charge in [0.2, 0.25) is 47.3 Å². The quantitative estimate of drug-likeness (QED) is 0.0205. The zero-order valence-electron chi connectivity index (χ0n) is 53.9. The minimum absolute atomic E-state index is 0.0266. The van der Waals surface area contributed by atoms with Gasteiger partial charge in [0.15, 0.2) is 11.6 Å². The Morgan fingerprint density at radius 3 is 2.05 bits per heavy atom. The van der Waals surface area contributed by atoms with Crippen LogP contribution in [0.2, 0.25) is 0 Å². The Labute approximate surface area is 565 Å². The monoisotopic (exact) mass is 1360 g/mol. The number of benzene rings is 4. The summed E-state index contributed by atoms with van der Waals surface area (Å²) in [7, 11) is 1.57. The normalized spacial score (nSPS) is 14.5. The van der Waals surface area contributed by atoms with Crippen LogP contribution in [0.25, 0.3) is 22.0 Å². The van der Waals surface area contributed by atoms with Crippen molar-refractivity contribution >= 4 is 99.1 Å². The van der Waals surface area contributed by atoms with Gasteiger partial charge >= 0.3 is 0 Å². The standard InChI is InChI=1S/C69H73F2N13O15/c1-81-39-47(44-28-31-74-64(44)69(81)98)46-35-43(21-24-52(46)99-53-23-20-42(70)34-48(53)71)79-56(87)19-8-7-18-54(85)73-30-10-9-29-72-49-16-12-15-45-63(49)68(97)84(66(45)95)51-22-25-62(93)83(67(51)96)40-78-58(89)37-77-65(94)50(33-41-13-4-2-5-14-41)80-59(90)38-76-57(88)36-75-55(86)17-6-3-11-32-82-60(91)26-27-61(82)92/h2,4-5,12-16,20-21,23-24,26-28,31,34-35,39,50-51,72,74H,3,6-11,17-19,22,25,29-30,32-33,36-38,40H2,1H3,(H,73,85)(H,75,86)(H,76,88)(H,77,94)(H,78,89)(H,79,87)(H,80,90)/t50-,51?/m0/s1. The van der Waals surface area contributed by atoms with Crippen LogP contribution < -0.4 is 52.8 Å². The number of hydrogen-bond donors (Lipinski definition) is 9. The number of piperidine rings is 1. The third-order valence-electron chi connectivity index (χ3n) is 16.5. The second-order valence-corrected chi connectivity index (χ2v) is 23.6. The van der Waals surface area contributed by atoms with E-state index >= 15 is 0 Å². The zero-order chi connectivity index (χ0) is 70.7. The number of nitrogens with zero attached hydrogens (tertiary/aromatic N) is 4. The number of likely N-dealkylation sites (tertiary alicyclic amines) is 1. The third kappa shape index (κ3) is 18.9. The highest BCUT2D eigenvalue weighted by Gasteiger charge is 2.48. The highest BCUT2D eigenvalue weighted by molar-refractivity contribution is 6.25. The Bertz CT molecular complexity index is 4210. The molecule has 0 spiro atoms. The number of unbranched alkanes of at least 4 members (excludes halogenated alkanes) is 4. The Morgan fingerprint density at radius 1 is 0.616 bits per heavy atom. The second-order valence-electron chi connectivity index (χ2n) is 23.6. The lowest BCUT2D eigenvalue weighted by molar-refractivity contribution is -0.152. The van der Waals surface area contributed by atoms with Crippen molar-refractivity contribution < 1.29 is 75.8 Å². The van der Waals surface area contributed by atoms with E-state index < -0.39 is 103 Å². The molecule has 6 aromatic rings. The first-order valence-electron chi connectivity index (χ1n) is 32.2. The molecule has 9 rings (SSSR count). The van der Waals surface area contributed by atoms with Crippen molar-refractivity contribution in [3.05, 3.63) is 154 Å². The number of imide groups is 3. The molecule has 30 heteroatoms. The molecule has 28 nitrogen and oxygen atoms in total. The van der Waals surface area contributed by atoms with Crippen LogP contribution in [0.1, 0.15) is 103 Å². The summed E-state index contributed by atoms with van der Waals surface area (Å²) in [6.45, 7) is -1.48. The highest BCUT2D eigenvalue weighted by atomic mass is 19.1. The number of rotatable bonds is 34. The number of anilines is 2. The molecule has 3 aliphatic rings. The van der Waals surface area contributed by atoms with Gasteiger partial charge in [-0.15, -0.1) is 0 Å². The van der Waals surface area contributed by atoms with Crippen LogP contribution in [0.3, 0.4) is 0 Å². The van der Waals surface area contributed by atoms with E-state index in [2.05, 4.69) is 47.5 Å². The van der Waals surface area contributed by atoms with E-state index in [1.807, 2.05) is 0 Å². The number of nitrogens with one attached hydrogen (secondary N) is 9. The molecule has 3 aliphatic heterocycles. The molecule has 0 bridgehead atoms. The third-order valence-corrected chi connectivity index (χ3v) is 16.5. The molecule has 2 aromatic heterocycles. The molecule has 4 aromatic carbocycles. The summed E-state index contributed by atoms with van der Waals surface area (Å²) in [5.41, 5.74) is 2.36. The maximum Gasteiger partial charge on any atom is 0.274 e. The number of aromatic amines is 1. The van der Waals surface area contributed by atoms with Gasteiger partial charge in [0.05, 0.1) is 30.8 Å². The SMILES string of the molecule is Cn1cc(-c2cc(NC(=O)CCCCC(=O)NCCCCNc3cccc4c3C(=O)N(C3CCC(=O)N(CNC(=O)CNC(=O)[C@H](Cc5ccccc5)NC(=O)CNC(=O)CNC(=O)CCCCCN5C(=O)C=CC5=O)C3=O)C4=O)ccc2Oc2ccc(F)cc2F)c2cc[nH]c2c1=O. The van der Waals surface area contributed by atoms with E-state index in [-0.39, 0.29) is 96.9 Å². The number of amides is 13. The molecule has 2 atom stereocenters. The largest absolute Gasteiger partial charge is 0.454 e. The predicted octanol–water partition coefficient (Wildman–Crippen LogP) is 3.86. The molecule has 1 unspecified atom stereocenters. The van der Waals surface area contributed by atoms with Gasteiger partial charge in [-0.2, -0.15) is 0 Å². The zero-order valence-corrected chi connectivity index (χ0v) is 53.9. The van der Waals surface area contributed by atoms with Gasteiger partial charge in [-0.05, 0) is 99.0 Å². The average Bonchev–Trinajstić information content (AvgIpc) is 1.67. The summed E-state index contributed by atoms with van der Waals surface area (Å²) in [5, 5.41) is 21.6. The lowest BCUT2D eigenvalue weighted by Gasteiger charge is -2.34. The van der Waals surface area contributed by atoms with Crippen molar-refractivity contribution in [1.29, 1.82) is 0 Å². The van der Waals surface area contributed by atoms with Gasteiger partial charge in [0.25, 0.3) is 35.1 Å². The van der Waals surface area contributed by atoms with Gasteiger partial charge in [-0.3, -0.25) is 81.8 Å². The highest BCUT2D eigenvalue weighted by Crippen LogP contribution is 2.39. The van der Waals surface area contributed by atoms with Crippen molar-refractivity contribution in [1.82, 2.24) is 56.2 Å². The molecule has 518 valence electrons. The average molecular weight is 1360 g/mol. The van der Waals surface area contributed by atoms with E-state index in [1.54, 1.807) is 80.1 Å². The lowest BCUT2D eigenvalue weighted by atomic mass is 10.0. The fraction of sp³-hybridized carbons (Fsp3) is 0.333. The smallest absolute Gasteiger partial charge is 0.274 e. The Hall–Kier alpha value is -11.7. The number of ether oxygens (including phenoxy) is 1. The summed E-state index contributed by atoms with van der Waals surface area (Å²) < 4.78 is 35.7. The molecule has 1 fully saturated rings. The maximum atomic E-state index is 14.7. The van der Waals surface area contributed by atoms with Gasteiger partial charge in [0.1, 0.15) is 35.8 Å². The predicted molar refractivity (Wildman–Crippen MR) is 353 cm³/mol. The van der Waals surface area contributed by atoms with Gasteiger partial charge in [-0.1, -0.05) is 42.8 Å². The first-order chi connectivity index (χ1) is 47.6. The number of carbonyl (C=O) groups excluding carboxylic acids is 13. The van der Waals surface area contributed by atoms with Crippen molar-refractivity contribution in [2.45, 2.75) is 95.6 Å². The van der Waals surface area contributed by atoms with Gasteiger partial charge in [0, 0.05) is 117 Å². The number of aryl methyl sites for hydroxylation is 1. The second kappa shape index (κ2) is 33.8. The summed E-state index contributed by atoms with van der Waals surface area (Å²) in [6.07, 6.45) is 8.72. The minimum atomic E-state index is -1.40. The Morgan fingerprint density at radius 2 is 1.29 bits per heavy atom. The van der Waals surface area contributed by atoms with Crippen molar-refractivity contribution in [2.24, 2.45) is 7.05 Å². The molecule has 13 amide bonds. The summed E-state index contributed by atoms with van der Waals surface area (Å²) in [5.74, 6) is -9.80. The van der Waals surface area contributed by atoms with E-state index in [0.29, 0.717) is 108 Å². The van der Waals surface area contributed by atoms with E-state index in [0.717, 1.165) is 21.9 Å².